The Kier molecular flexibility index (Phi) is 6.31. The maximum absolute atomic E-state index is 12.5. The number of nitrogen functional groups attached to an aromatic ring is 1. The maximum atomic E-state index is 12.5. The lowest BCUT2D eigenvalue weighted by Crippen LogP contribution is -2.15. The molecule has 3 unspecified atom stereocenters. The van der Waals surface area contributed by atoms with Gasteiger partial charge in [-0.2, -0.15) is 9.97 Å². The molecule has 0 fully saturated rings. The number of imidazole rings is 1. The number of nitrogens with zero attached hydrogens (tertiary/aromatic N) is 4. The van der Waals surface area contributed by atoms with E-state index in [-0.39, 0.29) is 29.6 Å². The lowest BCUT2D eigenvalue weighted by atomic mass is 10.2. The number of hydrogen-bond donors (Lipinski definition) is 1. The van der Waals surface area contributed by atoms with Crippen molar-refractivity contribution in [1.29, 1.82) is 0 Å². The number of nitrogens with two attached hydrogens (primary N) is 1. The predicted octanol–water partition coefficient (Wildman–Crippen LogP) is 1.93. The molecular weight excluding hydrogens is 413 g/mol. The monoisotopic (exact) mass is 431 g/mol. The van der Waals surface area contributed by atoms with E-state index in [0.717, 1.165) is 0 Å². The van der Waals surface area contributed by atoms with Crippen LogP contribution in [0, 0.1) is 0 Å². The summed E-state index contributed by atoms with van der Waals surface area (Å²) in [6, 6.07) is -0.113. The average Bonchev–Trinajstić information content (AvgIpc) is 3.31. The van der Waals surface area contributed by atoms with Gasteiger partial charge in [0.15, 0.2) is 17.4 Å². The molecule has 0 spiro atoms. The Hall–Kier alpha value is -2.04. The minimum atomic E-state index is -3.58. The summed E-state index contributed by atoms with van der Waals surface area (Å²) < 4.78 is 34.3. The summed E-state index contributed by atoms with van der Waals surface area (Å²) in [5.74, 6) is -0.613. The van der Waals surface area contributed by atoms with Crippen molar-refractivity contribution in [3.05, 3.63) is 23.6 Å². The standard InChI is InChI=1S/C15H19ClN5O6P/c1-24-11(22)6-27-28(23,25-2)8-26-10-4-3-9(5-10)21-7-18-14-12(21)13(16)19-15(17)20-14/h3-4,7,9-10H,5-6,8H2,1-2H3,(H2,17,19,20). The van der Waals surface area contributed by atoms with E-state index < -0.39 is 20.2 Å². The number of aromatic nitrogens is 4. The lowest BCUT2D eigenvalue weighted by molar-refractivity contribution is -0.143. The van der Waals surface area contributed by atoms with E-state index in [1.165, 1.54) is 14.2 Å². The van der Waals surface area contributed by atoms with Crippen LogP contribution in [0.15, 0.2) is 18.5 Å². The highest BCUT2D eigenvalue weighted by Gasteiger charge is 2.29. The van der Waals surface area contributed by atoms with Gasteiger partial charge in [0.25, 0.3) is 0 Å². The first-order valence-corrected chi connectivity index (χ1v) is 10.3. The SMILES string of the molecule is COC(=O)COP(=O)(COC1C=CC(n2cnc3nc(N)nc(Cl)c32)C1)OC. The summed E-state index contributed by atoms with van der Waals surface area (Å²) in [4.78, 5) is 23.4. The molecule has 13 heteroatoms. The third-order valence-electron chi connectivity index (χ3n) is 4.11. The van der Waals surface area contributed by atoms with Gasteiger partial charge in [0, 0.05) is 13.5 Å². The van der Waals surface area contributed by atoms with Crippen molar-refractivity contribution in [2.24, 2.45) is 0 Å². The van der Waals surface area contributed by atoms with Gasteiger partial charge in [0.1, 0.15) is 11.9 Å². The second-order valence-corrected chi connectivity index (χ2v) is 8.32. The number of esters is 1. The number of fused-ring (bicyclic) bond motifs is 1. The molecule has 152 valence electrons. The number of rotatable bonds is 8. The number of hydrogen-bond acceptors (Lipinski definition) is 10. The van der Waals surface area contributed by atoms with Gasteiger partial charge >= 0.3 is 13.6 Å². The van der Waals surface area contributed by atoms with Crippen molar-refractivity contribution >= 4 is 42.3 Å². The highest BCUT2D eigenvalue weighted by atomic mass is 35.5. The van der Waals surface area contributed by atoms with Gasteiger partial charge in [0.2, 0.25) is 5.95 Å². The predicted molar refractivity (Wildman–Crippen MR) is 99.9 cm³/mol. The molecule has 11 nitrogen and oxygen atoms in total. The number of carbonyl (C=O) groups is 1. The van der Waals surface area contributed by atoms with E-state index in [0.29, 0.717) is 17.6 Å². The van der Waals surface area contributed by atoms with Crippen LogP contribution in [0.2, 0.25) is 5.15 Å². The van der Waals surface area contributed by atoms with Crippen LogP contribution in [-0.4, -0.2) is 58.8 Å². The fraction of sp³-hybridized carbons (Fsp3) is 0.467. The Morgan fingerprint density at radius 3 is 2.89 bits per heavy atom. The van der Waals surface area contributed by atoms with E-state index >= 15 is 0 Å². The van der Waals surface area contributed by atoms with Crippen LogP contribution in [0.3, 0.4) is 0 Å². The van der Waals surface area contributed by atoms with Gasteiger partial charge in [0.05, 0.1) is 25.6 Å². The molecule has 0 aromatic carbocycles. The topological polar surface area (TPSA) is 141 Å². The highest BCUT2D eigenvalue weighted by Crippen LogP contribution is 2.48. The minimum absolute atomic E-state index is 0.0493. The summed E-state index contributed by atoms with van der Waals surface area (Å²) in [6.07, 6.45) is 5.21. The van der Waals surface area contributed by atoms with Gasteiger partial charge in [-0.05, 0) is 0 Å². The van der Waals surface area contributed by atoms with Crippen LogP contribution in [0.1, 0.15) is 12.5 Å². The number of allylic oxidation sites excluding steroid dienone is 1. The summed E-state index contributed by atoms with van der Waals surface area (Å²) >= 11 is 6.18. The first-order chi connectivity index (χ1) is 13.3. The normalized spacial score (nSPS) is 21.1. The smallest absolute Gasteiger partial charge is 0.356 e. The summed E-state index contributed by atoms with van der Waals surface area (Å²) in [5.41, 5.74) is 6.55. The number of methoxy groups -OCH3 is 1. The van der Waals surface area contributed by atoms with Crippen LogP contribution in [-0.2, 0) is 27.9 Å². The summed E-state index contributed by atoms with van der Waals surface area (Å²) in [5, 5.41) is 0.206. The van der Waals surface area contributed by atoms with Crippen molar-refractivity contribution in [3.63, 3.8) is 0 Å². The first kappa shape index (κ1) is 20.7. The number of anilines is 1. The van der Waals surface area contributed by atoms with Crippen LogP contribution in [0.5, 0.6) is 0 Å². The zero-order chi connectivity index (χ0) is 20.3. The van der Waals surface area contributed by atoms with Gasteiger partial charge in [-0.1, -0.05) is 23.8 Å². The highest BCUT2D eigenvalue weighted by molar-refractivity contribution is 7.53. The van der Waals surface area contributed by atoms with Crippen LogP contribution < -0.4 is 5.73 Å². The Morgan fingerprint density at radius 2 is 2.18 bits per heavy atom. The van der Waals surface area contributed by atoms with Crippen molar-refractivity contribution in [3.8, 4) is 0 Å². The molecule has 0 bridgehead atoms. The lowest BCUT2D eigenvalue weighted by Gasteiger charge is -2.19. The molecule has 3 atom stereocenters. The first-order valence-electron chi connectivity index (χ1n) is 8.17. The molecule has 28 heavy (non-hydrogen) atoms. The third-order valence-corrected chi connectivity index (χ3v) is 5.92. The summed E-state index contributed by atoms with van der Waals surface area (Å²) in [7, 11) is -1.16. The fourth-order valence-electron chi connectivity index (χ4n) is 2.69. The second kappa shape index (κ2) is 8.54. The van der Waals surface area contributed by atoms with E-state index in [4.69, 9.17) is 31.1 Å². The number of carbonyl (C=O) groups excluding carboxylic acids is 1. The van der Waals surface area contributed by atoms with Crippen molar-refractivity contribution in [1.82, 2.24) is 19.5 Å². The molecule has 0 amide bonds. The second-order valence-electron chi connectivity index (χ2n) is 5.86. The van der Waals surface area contributed by atoms with Crippen LogP contribution in [0.4, 0.5) is 5.95 Å². The van der Waals surface area contributed by atoms with Gasteiger partial charge in [-0.3, -0.25) is 9.09 Å². The molecule has 2 aromatic heterocycles. The molecule has 2 N–H and O–H groups in total. The fourth-order valence-corrected chi connectivity index (χ4v) is 3.92. The molecular formula is C15H19ClN5O6P. The molecule has 1 aliphatic rings. The third kappa shape index (κ3) is 4.50. The molecule has 0 aliphatic heterocycles. The Labute approximate surface area is 165 Å². The number of ether oxygens (including phenoxy) is 2. The average molecular weight is 432 g/mol. The number of halogens is 1. The molecule has 2 heterocycles. The molecule has 3 rings (SSSR count). The zero-order valence-corrected chi connectivity index (χ0v) is 16.8. The Morgan fingerprint density at radius 1 is 1.39 bits per heavy atom. The van der Waals surface area contributed by atoms with Gasteiger partial charge < -0.3 is 24.3 Å². The molecule has 0 saturated carbocycles. The van der Waals surface area contributed by atoms with Crippen molar-refractivity contribution in [2.45, 2.75) is 18.6 Å². The molecule has 1 aliphatic carbocycles. The van der Waals surface area contributed by atoms with E-state index in [9.17, 15) is 9.36 Å². The van der Waals surface area contributed by atoms with E-state index in [1.54, 1.807) is 6.33 Å². The zero-order valence-electron chi connectivity index (χ0n) is 15.1. The quantitative estimate of drug-likeness (QED) is 0.285. The van der Waals surface area contributed by atoms with Crippen molar-refractivity contribution in [2.75, 3.05) is 32.9 Å². The van der Waals surface area contributed by atoms with E-state index in [1.807, 2.05) is 16.7 Å². The molecule has 0 saturated heterocycles. The minimum Gasteiger partial charge on any atom is -0.467 e. The largest absolute Gasteiger partial charge is 0.467 e. The molecule has 0 radical (unpaired) electrons. The molecule has 2 aromatic rings. The van der Waals surface area contributed by atoms with Crippen LogP contribution >= 0.6 is 19.2 Å². The van der Waals surface area contributed by atoms with Crippen molar-refractivity contribution < 1.29 is 27.9 Å². The Balaban J connectivity index is 1.63. The van der Waals surface area contributed by atoms with Gasteiger partial charge in [-0.15, -0.1) is 0 Å². The maximum Gasteiger partial charge on any atom is 0.356 e. The summed E-state index contributed by atoms with van der Waals surface area (Å²) in [6.45, 7) is -0.489. The Bertz CT molecular complexity index is 950. The van der Waals surface area contributed by atoms with E-state index in [2.05, 4.69) is 19.7 Å². The van der Waals surface area contributed by atoms with Gasteiger partial charge in [-0.25, -0.2) is 9.78 Å². The van der Waals surface area contributed by atoms with Crippen LogP contribution in [0.25, 0.3) is 11.2 Å².